The number of rotatable bonds is 10. The highest BCUT2D eigenvalue weighted by molar-refractivity contribution is 7.98. The second-order valence-electron chi connectivity index (χ2n) is 11.2. The number of carbonyl (C=O) groups is 1. The van der Waals surface area contributed by atoms with E-state index in [2.05, 4.69) is 19.6 Å². The number of halogens is 5. The van der Waals surface area contributed by atoms with E-state index < -0.39 is 48.8 Å². The number of allylic oxidation sites excluding steroid dienone is 4. The Morgan fingerprint density at radius 1 is 1.14 bits per heavy atom. The number of hydrogen-bond acceptors (Lipinski definition) is 9. The number of fused-ring (bicyclic) bond motifs is 1. The molecule has 258 valence electrons. The monoisotopic (exact) mass is 704 g/mol. The van der Waals surface area contributed by atoms with E-state index in [1.165, 1.54) is 47.8 Å². The van der Waals surface area contributed by atoms with Gasteiger partial charge in [-0.2, -0.15) is 13.9 Å². The minimum atomic E-state index is -4.05. The number of aliphatic hydroxyl groups is 2. The quantitative estimate of drug-likeness (QED) is 0.136. The predicted molar refractivity (Wildman–Crippen MR) is 167 cm³/mol. The molecular weight excluding hydrogens is 675 g/mol. The fourth-order valence-electron chi connectivity index (χ4n) is 5.74. The van der Waals surface area contributed by atoms with Crippen LogP contribution in [0.4, 0.5) is 22.0 Å². The summed E-state index contributed by atoms with van der Waals surface area (Å²) in [4.78, 5) is 17.3. The molecule has 3 heterocycles. The number of oxazole rings is 1. The van der Waals surface area contributed by atoms with Gasteiger partial charge in [0.25, 0.3) is 5.91 Å². The molecule has 2 aliphatic rings. The molecule has 49 heavy (non-hydrogen) atoms. The van der Waals surface area contributed by atoms with E-state index in [0.717, 1.165) is 6.07 Å². The maximum atomic E-state index is 15.2. The van der Waals surface area contributed by atoms with Crippen LogP contribution in [0.25, 0.3) is 22.4 Å². The van der Waals surface area contributed by atoms with Crippen molar-refractivity contribution in [2.45, 2.75) is 43.0 Å². The van der Waals surface area contributed by atoms with Crippen molar-refractivity contribution in [1.29, 1.82) is 0 Å². The lowest BCUT2D eigenvalue weighted by Crippen LogP contribution is -2.39. The third-order valence-corrected chi connectivity index (χ3v) is 8.83. The minimum absolute atomic E-state index is 0.145. The molecular formula is C33H29F5N4O6S. The van der Waals surface area contributed by atoms with E-state index in [0.29, 0.717) is 27.2 Å². The average molecular weight is 705 g/mol. The van der Waals surface area contributed by atoms with Crippen molar-refractivity contribution in [3.8, 4) is 22.8 Å². The van der Waals surface area contributed by atoms with E-state index in [-0.39, 0.29) is 53.1 Å². The predicted octanol–water partition coefficient (Wildman–Crippen LogP) is 5.91. The highest BCUT2D eigenvalue weighted by atomic mass is 32.2. The smallest absolute Gasteiger partial charge is 0.440 e. The van der Waals surface area contributed by atoms with Crippen LogP contribution in [0.5, 0.6) is 11.5 Å². The molecule has 0 radical (unpaired) electrons. The van der Waals surface area contributed by atoms with Gasteiger partial charge in [0.15, 0.2) is 23.1 Å². The van der Waals surface area contributed by atoms with Crippen molar-refractivity contribution in [1.82, 2.24) is 20.1 Å². The maximum absolute atomic E-state index is 15.2. The Morgan fingerprint density at radius 3 is 2.61 bits per heavy atom. The molecule has 0 saturated heterocycles. The van der Waals surface area contributed by atoms with Gasteiger partial charge in [-0.25, -0.2) is 9.37 Å². The van der Waals surface area contributed by atoms with Crippen molar-refractivity contribution in [2.24, 2.45) is 7.05 Å². The Labute approximate surface area is 280 Å². The molecule has 0 spiro atoms. The van der Waals surface area contributed by atoms with Crippen LogP contribution in [0.1, 0.15) is 46.5 Å². The van der Waals surface area contributed by atoms with Crippen LogP contribution >= 0.6 is 11.8 Å². The lowest BCUT2D eigenvalue weighted by atomic mass is 9.83. The lowest BCUT2D eigenvalue weighted by molar-refractivity contribution is -0.286. The number of benzene rings is 2. The summed E-state index contributed by atoms with van der Waals surface area (Å²) in [7, 11) is 1.42. The number of hydrogen-bond donors (Lipinski definition) is 3. The number of alkyl halides is 4. The number of aromatic nitrogens is 3. The molecule has 10 nitrogen and oxygen atoms in total. The molecule has 2 aromatic carbocycles. The van der Waals surface area contributed by atoms with E-state index in [1.54, 1.807) is 31.4 Å². The average Bonchev–Trinajstić information content (AvgIpc) is 3.75. The summed E-state index contributed by atoms with van der Waals surface area (Å²) in [5.41, 5.74) is 1.27. The van der Waals surface area contributed by atoms with E-state index >= 15 is 13.2 Å². The summed E-state index contributed by atoms with van der Waals surface area (Å²) in [5, 5.41) is 24.6. The largest absolute Gasteiger partial charge is 0.586 e. The number of nitrogens with zero attached hydrogens (tertiary/aromatic N) is 3. The van der Waals surface area contributed by atoms with Gasteiger partial charge >= 0.3 is 12.2 Å². The van der Waals surface area contributed by atoms with Gasteiger partial charge in [-0.3, -0.25) is 9.48 Å². The number of carbonyl (C=O) groups excluding carboxylic acids is 1. The SMILES string of the molecule is CSc1cc(C2C=C(c3oc(C)nc3-c3ccc4c(c3)OC(F)(F)O4)C(c3cc(C(F)(F)C(=O)NCCO)nn3C)=CC2)cc(F)c1CO. The first-order valence-corrected chi connectivity index (χ1v) is 16.1. The molecule has 1 aliphatic heterocycles. The van der Waals surface area contributed by atoms with Crippen LogP contribution in [0.2, 0.25) is 0 Å². The number of aliphatic hydroxyl groups excluding tert-OH is 2. The molecule has 1 unspecified atom stereocenters. The summed E-state index contributed by atoms with van der Waals surface area (Å²) in [6.45, 7) is 0.162. The first-order chi connectivity index (χ1) is 23.3. The van der Waals surface area contributed by atoms with Gasteiger partial charge in [0.2, 0.25) is 0 Å². The zero-order valence-corrected chi connectivity index (χ0v) is 27.0. The van der Waals surface area contributed by atoms with Gasteiger partial charge in [0, 0.05) is 53.6 Å². The first-order valence-electron chi connectivity index (χ1n) is 14.9. The van der Waals surface area contributed by atoms with Crippen molar-refractivity contribution in [3.63, 3.8) is 0 Å². The van der Waals surface area contributed by atoms with Crippen molar-refractivity contribution in [3.05, 3.63) is 88.5 Å². The fraction of sp³-hybridized carbons (Fsp3) is 0.303. The third-order valence-electron chi connectivity index (χ3n) is 8.03. The summed E-state index contributed by atoms with van der Waals surface area (Å²) < 4.78 is 89.6. The Kier molecular flexibility index (Phi) is 9.06. The van der Waals surface area contributed by atoms with Crippen LogP contribution in [-0.4, -0.2) is 56.6 Å². The maximum Gasteiger partial charge on any atom is 0.586 e. The topological polar surface area (TPSA) is 132 Å². The molecule has 1 amide bonds. The Balaban J connectivity index is 1.49. The summed E-state index contributed by atoms with van der Waals surface area (Å²) in [6, 6.07) is 8.22. The molecule has 4 aromatic rings. The Bertz CT molecular complexity index is 2010. The normalized spacial score (nSPS) is 16.8. The number of thioether (sulfide) groups is 1. The van der Waals surface area contributed by atoms with Crippen LogP contribution in [0, 0.1) is 12.7 Å². The first kappa shape index (κ1) is 34.2. The van der Waals surface area contributed by atoms with E-state index in [1.807, 2.05) is 5.32 Å². The van der Waals surface area contributed by atoms with E-state index in [4.69, 9.17) is 9.52 Å². The zero-order chi connectivity index (χ0) is 35.2. The number of amides is 1. The highest BCUT2D eigenvalue weighted by Gasteiger charge is 2.45. The molecule has 2 aromatic heterocycles. The number of aryl methyl sites for hydroxylation is 2. The van der Waals surface area contributed by atoms with Gasteiger partial charge in [-0.15, -0.1) is 20.5 Å². The molecule has 0 fully saturated rings. The zero-order valence-electron chi connectivity index (χ0n) is 26.2. The van der Waals surface area contributed by atoms with Gasteiger partial charge in [0.1, 0.15) is 17.2 Å². The minimum Gasteiger partial charge on any atom is -0.440 e. The molecule has 6 rings (SSSR count). The van der Waals surface area contributed by atoms with Crippen LogP contribution in [0.3, 0.4) is 0 Å². The van der Waals surface area contributed by atoms with E-state index in [9.17, 15) is 18.7 Å². The third kappa shape index (κ3) is 6.43. The fourth-order valence-corrected chi connectivity index (χ4v) is 6.40. The van der Waals surface area contributed by atoms with Crippen molar-refractivity contribution >= 4 is 28.8 Å². The number of ether oxygens (including phenoxy) is 2. The molecule has 3 N–H and O–H groups in total. The molecule has 0 saturated carbocycles. The van der Waals surface area contributed by atoms with Gasteiger partial charge in [0.05, 0.1) is 18.9 Å². The highest BCUT2D eigenvalue weighted by Crippen LogP contribution is 2.47. The van der Waals surface area contributed by atoms with Gasteiger partial charge in [-0.05, 0) is 54.6 Å². The Hall–Kier alpha value is -4.67. The van der Waals surface area contributed by atoms with Gasteiger partial charge < -0.3 is 29.4 Å². The second kappa shape index (κ2) is 13.0. The standard InChI is InChI=1S/C33H29F5N4O6S/c1-16-40-29(18-5-7-25-26(12-18)48-33(37,38)47-25)30(46-16)21-10-17(19-11-23(34)22(15-44)27(13-19)49-3)4-6-20(21)24-14-28(41-42(24)2)32(35,36)31(45)39-8-9-43/h5-7,10-14,17,43-44H,4,8-9,15H2,1-3H3,(H,39,45). The molecule has 0 bridgehead atoms. The molecule has 16 heteroatoms. The Morgan fingerprint density at radius 2 is 1.90 bits per heavy atom. The van der Waals surface area contributed by atoms with Gasteiger partial charge in [-0.1, -0.05) is 12.2 Å². The number of nitrogens with one attached hydrogen (secondary N) is 1. The summed E-state index contributed by atoms with van der Waals surface area (Å²) in [6.07, 6.45) is 1.67. The second-order valence-corrected chi connectivity index (χ2v) is 12.1. The van der Waals surface area contributed by atoms with Crippen molar-refractivity contribution < 1.29 is 50.9 Å². The summed E-state index contributed by atoms with van der Waals surface area (Å²) >= 11 is 1.26. The molecule has 1 aliphatic carbocycles. The lowest BCUT2D eigenvalue weighted by Gasteiger charge is -2.23. The summed E-state index contributed by atoms with van der Waals surface area (Å²) in [5.74, 6) is -6.84. The molecule has 1 atom stereocenters. The van der Waals surface area contributed by atoms with Crippen LogP contribution in [-0.2, 0) is 24.4 Å². The van der Waals surface area contributed by atoms with Crippen molar-refractivity contribution in [2.75, 3.05) is 19.4 Å². The van der Waals surface area contributed by atoms with Crippen LogP contribution in [0.15, 0.2) is 57.9 Å². The van der Waals surface area contributed by atoms with Crippen LogP contribution < -0.4 is 14.8 Å².